The van der Waals surface area contributed by atoms with Crippen LogP contribution in [0.5, 0.6) is 0 Å². The fourth-order valence-corrected chi connectivity index (χ4v) is 3.14. The standard InChI is InChI=1S/C19H16ClN3O2/c1-11-12-5-4-6-13(20)18(12)25-17(11)19(24)21-10-9-16-22-14-7-2-3-8-15(14)23-16/h2-8H,9-10H2,1H3,(H,21,24)(H,22,23). The number of nitrogens with one attached hydrogen (secondary N) is 2. The van der Waals surface area contributed by atoms with Crippen molar-refractivity contribution in [3.63, 3.8) is 0 Å². The van der Waals surface area contributed by atoms with Crippen LogP contribution in [-0.2, 0) is 6.42 Å². The van der Waals surface area contributed by atoms with Crippen molar-refractivity contribution in [2.24, 2.45) is 0 Å². The molecule has 0 spiro atoms. The van der Waals surface area contributed by atoms with Crippen LogP contribution in [0.25, 0.3) is 22.0 Å². The SMILES string of the molecule is Cc1c(C(=O)NCCc2nc3ccccc3[nH]2)oc2c(Cl)cccc12. The monoisotopic (exact) mass is 353 g/mol. The number of aromatic nitrogens is 2. The Morgan fingerprint density at radius 2 is 2.08 bits per heavy atom. The minimum atomic E-state index is -0.249. The quantitative estimate of drug-likeness (QED) is 0.576. The maximum absolute atomic E-state index is 12.4. The Morgan fingerprint density at radius 3 is 2.88 bits per heavy atom. The molecule has 5 nitrogen and oxygen atoms in total. The topological polar surface area (TPSA) is 70.9 Å². The summed E-state index contributed by atoms with van der Waals surface area (Å²) in [6, 6.07) is 13.3. The second kappa shape index (κ2) is 6.26. The van der Waals surface area contributed by atoms with Gasteiger partial charge >= 0.3 is 0 Å². The molecule has 0 saturated heterocycles. The predicted octanol–water partition coefficient (Wildman–Crippen LogP) is 4.24. The fourth-order valence-electron chi connectivity index (χ4n) is 2.92. The van der Waals surface area contributed by atoms with Crippen LogP contribution in [0.1, 0.15) is 21.9 Å². The summed E-state index contributed by atoms with van der Waals surface area (Å²) in [6.45, 7) is 2.32. The molecule has 0 radical (unpaired) electrons. The van der Waals surface area contributed by atoms with Gasteiger partial charge in [0.05, 0.1) is 16.1 Å². The zero-order valence-corrected chi connectivity index (χ0v) is 14.4. The summed E-state index contributed by atoms with van der Waals surface area (Å²) >= 11 is 6.13. The van der Waals surface area contributed by atoms with Crippen LogP contribution in [-0.4, -0.2) is 22.4 Å². The molecular weight excluding hydrogens is 338 g/mol. The molecule has 0 aliphatic rings. The van der Waals surface area contributed by atoms with Crippen molar-refractivity contribution in [3.8, 4) is 0 Å². The average molecular weight is 354 g/mol. The smallest absolute Gasteiger partial charge is 0.287 e. The first-order valence-electron chi connectivity index (χ1n) is 8.03. The number of carbonyl (C=O) groups excluding carboxylic acids is 1. The summed E-state index contributed by atoms with van der Waals surface area (Å²) < 4.78 is 5.67. The van der Waals surface area contributed by atoms with Gasteiger partial charge in [0.2, 0.25) is 0 Å². The lowest BCUT2D eigenvalue weighted by Gasteiger charge is -2.02. The van der Waals surface area contributed by atoms with Gasteiger partial charge in [0, 0.05) is 23.9 Å². The number of benzene rings is 2. The average Bonchev–Trinajstić information content (AvgIpc) is 3.17. The zero-order valence-electron chi connectivity index (χ0n) is 13.6. The molecule has 4 rings (SSSR count). The van der Waals surface area contributed by atoms with E-state index in [0.29, 0.717) is 29.3 Å². The van der Waals surface area contributed by atoms with E-state index in [1.165, 1.54) is 0 Å². The number of H-pyrrole nitrogens is 1. The number of carbonyl (C=O) groups is 1. The van der Waals surface area contributed by atoms with E-state index in [-0.39, 0.29) is 5.91 Å². The van der Waals surface area contributed by atoms with E-state index in [2.05, 4.69) is 15.3 Å². The third-order valence-electron chi connectivity index (χ3n) is 4.21. The number of amides is 1. The van der Waals surface area contributed by atoms with Gasteiger partial charge in [0.1, 0.15) is 5.82 Å². The van der Waals surface area contributed by atoms with Crippen LogP contribution in [0.15, 0.2) is 46.9 Å². The largest absolute Gasteiger partial charge is 0.449 e. The minimum Gasteiger partial charge on any atom is -0.449 e. The van der Waals surface area contributed by atoms with E-state index < -0.39 is 0 Å². The highest BCUT2D eigenvalue weighted by molar-refractivity contribution is 6.35. The van der Waals surface area contributed by atoms with Crippen LogP contribution in [0, 0.1) is 6.92 Å². The molecule has 126 valence electrons. The Balaban J connectivity index is 1.47. The molecule has 0 aliphatic carbocycles. The number of imidazole rings is 1. The van der Waals surface area contributed by atoms with Gasteiger partial charge in [0.15, 0.2) is 11.3 Å². The predicted molar refractivity (Wildman–Crippen MR) is 98.1 cm³/mol. The fraction of sp³-hybridized carbons (Fsp3) is 0.158. The zero-order chi connectivity index (χ0) is 17.4. The number of halogens is 1. The van der Waals surface area contributed by atoms with Crippen LogP contribution < -0.4 is 5.32 Å². The van der Waals surface area contributed by atoms with Gasteiger partial charge in [-0.1, -0.05) is 35.9 Å². The van der Waals surface area contributed by atoms with Crippen molar-refractivity contribution in [3.05, 3.63) is 64.6 Å². The van der Waals surface area contributed by atoms with E-state index in [9.17, 15) is 4.79 Å². The molecule has 6 heteroatoms. The van der Waals surface area contributed by atoms with Crippen molar-refractivity contribution in [2.75, 3.05) is 6.54 Å². The summed E-state index contributed by atoms with van der Waals surface area (Å²) in [5.74, 6) is 0.888. The lowest BCUT2D eigenvalue weighted by atomic mass is 10.1. The molecule has 0 aliphatic heterocycles. The first kappa shape index (κ1) is 15.7. The summed E-state index contributed by atoms with van der Waals surface area (Å²) in [6.07, 6.45) is 0.612. The molecular formula is C19H16ClN3O2. The number of para-hydroxylation sites is 3. The van der Waals surface area contributed by atoms with Gasteiger partial charge in [-0.25, -0.2) is 4.98 Å². The molecule has 2 aromatic carbocycles. The van der Waals surface area contributed by atoms with E-state index in [4.69, 9.17) is 16.0 Å². The minimum absolute atomic E-state index is 0.249. The molecule has 4 aromatic rings. The highest BCUT2D eigenvalue weighted by Crippen LogP contribution is 2.30. The maximum atomic E-state index is 12.4. The number of hydrogen-bond donors (Lipinski definition) is 2. The van der Waals surface area contributed by atoms with Crippen LogP contribution >= 0.6 is 11.6 Å². The summed E-state index contributed by atoms with van der Waals surface area (Å²) in [5.41, 5.74) is 3.25. The Bertz CT molecular complexity index is 1050. The number of fused-ring (bicyclic) bond motifs is 2. The number of aryl methyl sites for hydroxylation is 1. The van der Waals surface area contributed by atoms with Gasteiger partial charge in [-0.2, -0.15) is 0 Å². The highest BCUT2D eigenvalue weighted by Gasteiger charge is 2.18. The Morgan fingerprint density at radius 1 is 1.24 bits per heavy atom. The number of hydrogen-bond acceptors (Lipinski definition) is 3. The first-order chi connectivity index (χ1) is 12.1. The Kier molecular flexibility index (Phi) is 3.93. The van der Waals surface area contributed by atoms with Crippen molar-refractivity contribution >= 4 is 39.5 Å². The van der Waals surface area contributed by atoms with Crippen LogP contribution in [0.3, 0.4) is 0 Å². The Hall–Kier alpha value is -2.79. The van der Waals surface area contributed by atoms with Crippen molar-refractivity contribution in [1.29, 1.82) is 0 Å². The molecule has 2 aromatic heterocycles. The van der Waals surface area contributed by atoms with Gasteiger partial charge in [-0.15, -0.1) is 0 Å². The molecule has 0 atom stereocenters. The van der Waals surface area contributed by atoms with Gasteiger partial charge < -0.3 is 14.7 Å². The van der Waals surface area contributed by atoms with E-state index >= 15 is 0 Å². The van der Waals surface area contributed by atoms with Crippen molar-refractivity contribution < 1.29 is 9.21 Å². The van der Waals surface area contributed by atoms with Gasteiger partial charge in [-0.3, -0.25) is 4.79 Å². The van der Waals surface area contributed by atoms with Crippen LogP contribution in [0.2, 0.25) is 5.02 Å². The summed E-state index contributed by atoms with van der Waals surface area (Å²) in [5, 5.41) is 4.24. The summed E-state index contributed by atoms with van der Waals surface area (Å²) in [4.78, 5) is 20.2. The lowest BCUT2D eigenvalue weighted by molar-refractivity contribution is 0.0927. The number of rotatable bonds is 4. The molecule has 2 heterocycles. The van der Waals surface area contributed by atoms with E-state index in [0.717, 1.165) is 27.8 Å². The molecule has 2 N–H and O–H groups in total. The molecule has 0 unspecified atom stereocenters. The first-order valence-corrected chi connectivity index (χ1v) is 8.41. The summed E-state index contributed by atoms with van der Waals surface area (Å²) in [7, 11) is 0. The molecule has 0 fully saturated rings. The lowest BCUT2D eigenvalue weighted by Crippen LogP contribution is -2.26. The molecule has 0 saturated carbocycles. The normalized spacial score (nSPS) is 11.3. The van der Waals surface area contributed by atoms with Crippen LogP contribution in [0.4, 0.5) is 0 Å². The van der Waals surface area contributed by atoms with E-state index in [1.807, 2.05) is 43.3 Å². The molecule has 0 bridgehead atoms. The third-order valence-corrected chi connectivity index (χ3v) is 4.51. The van der Waals surface area contributed by atoms with Crippen molar-refractivity contribution in [1.82, 2.24) is 15.3 Å². The van der Waals surface area contributed by atoms with Crippen molar-refractivity contribution in [2.45, 2.75) is 13.3 Å². The molecule has 25 heavy (non-hydrogen) atoms. The molecule has 1 amide bonds. The third kappa shape index (κ3) is 2.87. The Labute approximate surface area is 149 Å². The number of aromatic amines is 1. The number of furan rings is 1. The van der Waals surface area contributed by atoms with Gasteiger partial charge in [0.25, 0.3) is 5.91 Å². The second-order valence-corrected chi connectivity index (χ2v) is 6.29. The second-order valence-electron chi connectivity index (χ2n) is 5.88. The number of nitrogens with zero attached hydrogens (tertiary/aromatic N) is 1. The highest BCUT2D eigenvalue weighted by atomic mass is 35.5. The maximum Gasteiger partial charge on any atom is 0.287 e. The van der Waals surface area contributed by atoms with E-state index in [1.54, 1.807) is 6.07 Å². The van der Waals surface area contributed by atoms with Gasteiger partial charge in [-0.05, 0) is 25.1 Å².